The fourth-order valence-electron chi connectivity index (χ4n) is 3.18. The second-order valence-electron chi connectivity index (χ2n) is 5.79. The van der Waals surface area contributed by atoms with Crippen LogP contribution in [0.2, 0.25) is 0 Å². The Bertz CT molecular complexity index is 580. The molecule has 2 aliphatic heterocycles. The number of nitrogens with one attached hydrogen (secondary N) is 3. The summed E-state index contributed by atoms with van der Waals surface area (Å²) in [5.74, 6) is -2.66. The van der Waals surface area contributed by atoms with E-state index in [1.165, 1.54) is 0 Å². The maximum atomic E-state index is 12.2. The van der Waals surface area contributed by atoms with Gasteiger partial charge in [-0.25, -0.2) is 0 Å². The molecular formula is C16H21N3O4. The third-order valence-corrected chi connectivity index (χ3v) is 4.37. The number of ether oxygens (including phenoxy) is 1. The van der Waals surface area contributed by atoms with Crippen molar-refractivity contribution in [3.63, 3.8) is 0 Å². The third kappa shape index (κ3) is 3.08. The SMILES string of the molecule is CCOC(=O)C1C(=O)NC2NC(c3ccccc3)NCC2C1O. The van der Waals surface area contributed by atoms with E-state index in [1.807, 2.05) is 30.3 Å². The highest BCUT2D eigenvalue weighted by Gasteiger charge is 2.49. The van der Waals surface area contributed by atoms with Crippen LogP contribution in [-0.2, 0) is 14.3 Å². The van der Waals surface area contributed by atoms with Gasteiger partial charge in [0.25, 0.3) is 0 Å². The van der Waals surface area contributed by atoms with Crippen LogP contribution in [0.25, 0.3) is 0 Å². The first-order valence-electron chi connectivity index (χ1n) is 7.81. The number of hydrogen-bond donors (Lipinski definition) is 4. The summed E-state index contributed by atoms with van der Waals surface area (Å²) in [7, 11) is 0. The van der Waals surface area contributed by atoms with E-state index in [0.717, 1.165) is 5.56 Å². The Hall–Kier alpha value is -1.96. The minimum atomic E-state index is -1.17. The van der Waals surface area contributed by atoms with Gasteiger partial charge >= 0.3 is 5.97 Å². The zero-order valence-corrected chi connectivity index (χ0v) is 12.9. The highest BCUT2D eigenvalue weighted by atomic mass is 16.5. The Balaban J connectivity index is 1.72. The van der Waals surface area contributed by atoms with Gasteiger partial charge in [0.05, 0.1) is 25.0 Å². The summed E-state index contributed by atoms with van der Waals surface area (Å²) in [6.45, 7) is 2.33. The molecule has 0 saturated carbocycles. The largest absolute Gasteiger partial charge is 0.465 e. The van der Waals surface area contributed by atoms with Crippen molar-refractivity contribution in [3.05, 3.63) is 35.9 Å². The molecule has 0 bridgehead atoms. The predicted octanol–water partition coefficient (Wildman–Crippen LogP) is -0.510. The van der Waals surface area contributed by atoms with E-state index in [9.17, 15) is 14.7 Å². The van der Waals surface area contributed by atoms with Crippen LogP contribution in [0, 0.1) is 11.8 Å². The molecular weight excluding hydrogens is 298 g/mol. The van der Waals surface area contributed by atoms with E-state index < -0.39 is 30.1 Å². The standard InChI is InChI=1S/C16H21N3O4/c1-2-23-16(22)11-12(20)10-8-17-13(9-6-4-3-5-7-9)18-14(10)19-15(11)21/h3-7,10-14,17-18,20H,2,8H2,1H3,(H,19,21). The number of hydrogen-bond acceptors (Lipinski definition) is 6. The summed E-state index contributed by atoms with van der Waals surface area (Å²) in [4.78, 5) is 24.1. The van der Waals surface area contributed by atoms with Crippen LogP contribution in [0.1, 0.15) is 18.7 Å². The lowest BCUT2D eigenvalue weighted by molar-refractivity contribution is -0.164. The molecule has 5 unspecified atom stereocenters. The lowest BCUT2D eigenvalue weighted by Gasteiger charge is -2.45. The molecule has 0 aromatic heterocycles. The van der Waals surface area contributed by atoms with Crippen molar-refractivity contribution in [2.24, 2.45) is 11.8 Å². The Kier molecular flexibility index (Phi) is 4.61. The van der Waals surface area contributed by atoms with Gasteiger partial charge in [0.1, 0.15) is 0 Å². The summed E-state index contributed by atoms with van der Waals surface area (Å²) >= 11 is 0. The summed E-state index contributed by atoms with van der Waals surface area (Å²) < 4.78 is 4.89. The van der Waals surface area contributed by atoms with Gasteiger partial charge in [-0.3, -0.25) is 20.2 Å². The lowest BCUT2D eigenvalue weighted by atomic mass is 9.82. The van der Waals surface area contributed by atoms with Crippen molar-refractivity contribution in [2.75, 3.05) is 13.2 Å². The van der Waals surface area contributed by atoms with Gasteiger partial charge in [-0.05, 0) is 12.5 Å². The van der Waals surface area contributed by atoms with Gasteiger partial charge in [-0.2, -0.15) is 0 Å². The highest BCUT2D eigenvalue weighted by Crippen LogP contribution is 2.27. The number of esters is 1. The van der Waals surface area contributed by atoms with E-state index in [2.05, 4.69) is 16.0 Å². The molecule has 2 heterocycles. The number of rotatable bonds is 3. The van der Waals surface area contributed by atoms with Crippen molar-refractivity contribution in [2.45, 2.75) is 25.4 Å². The van der Waals surface area contributed by atoms with Gasteiger partial charge < -0.3 is 15.2 Å². The maximum absolute atomic E-state index is 12.2. The number of aliphatic hydroxyl groups excluding tert-OH is 1. The molecule has 23 heavy (non-hydrogen) atoms. The normalized spacial score (nSPS) is 33.5. The Morgan fingerprint density at radius 1 is 1.35 bits per heavy atom. The van der Waals surface area contributed by atoms with Crippen molar-refractivity contribution < 1.29 is 19.4 Å². The maximum Gasteiger partial charge on any atom is 0.321 e. The predicted molar refractivity (Wildman–Crippen MR) is 81.9 cm³/mol. The van der Waals surface area contributed by atoms with Crippen LogP contribution in [0.5, 0.6) is 0 Å². The molecule has 2 saturated heterocycles. The molecule has 2 fully saturated rings. The molecule has 124 valence electrons. The monoisotopic (exact) mass is 319 g/mol. The molecule has 4 N–H and O–H groups in total. The van der Waals surface area contributed by atoms with Crippen LogP contribution in [0.3, 0.4) is 0 Å². The molecule has 1 aromatic carbocycles. The molecule has 0 radical (unpaired) electrons. The molecule has 7 heteroatoms. The highest BCUT2D eigenvalue weighted by molar-refractivity contribution is 5.99. The summed E-state index contributed by atoms with van der Waals surface area (Å²) in [6.07, 6.45) is -1.59. The minimum Gasteiger partial charge on any atom is -0.465 e. The van der Waals surface area contributed by atoms with E-state index in [4.69, 9.17) is 4.74 Å². The van der Waals surface area contributed by atoms with Crippen molar-refractivity contribution in [1.82, 2.24) is 16.0 Å². The van der Waals surface area contributed by atoms with Gasteiger partial charge in [-0.15, -0.1) is 0 Å². The second kappa shape index (κ2) is 6.66. The van der Waals surface area contributed by atoms with Crippen molar-refractivity contribution in [1.29, 1.82) is 0 Å². The number of aliphatic hydroxyl groups is 1. The number of piperidine rings is 1. The molecule has 7 nitrogen and oxygen atoms in total. The van der Waals surface area contributed by atoms with Crippen molar-refractivity contribution in [3.8, 4) is 0 Å². The number of amides is 1. The number of carbonyl (C=O) groups excluding carboxylic acids is 2. The molecule has 2 aliphatic rings. The van der Waals surface area contributed by atoms with Crippen molar-refractivity contribution >= 4 is 11.9 Å². The van der Waals surface area contributed by atoms with E-state index in [-0.39, 0.29) is 18.7 Å². The zero-order chi connectivity index (χ0) is 16.4. The molecule has 0 spiro atoms. The molecule has 3 rings (SSSR count). The van der Waals surface area contributed by atoms with E-state index in [0.29, 0.717) is 6.54 Å². The minimum absolute atomic E-state index is 0.121. The molecule has 0 aliphatic carbocycles. The number of benzene rings is 1. The van der Waals surface area contributed by atoms with E-state index >= 15 is 0 Å². The smallest absolute Gasteiger partial charge is 0.321 e. The molecule has 1 amide bonds. The first kappa shape index (κ1) is 15.9. The van der Waals surface area contributed by atoms with Crippen LogP contribution >= 0.6 is 0 Å². The number of fused-ring (bicyclic) bond motifs is 1. The van der Waals surface area contributed by atoms with Gasteiger partial charge in [0.15, 0.2) is 5.92 Å². The van der Waals surface area contributed by atoms with Gasteiger partial charge in [0.2, 0.25) is 5.91 Å². The topological polar surface area (TPSA) is 99.7 Å². The van der Waals surface area contributed by atoms with Gasteiger partial charge in [0, 0.05) is 12.5 Å². The third-order valence-electron chi connectivity index (χ3n) is 4.37. The first-order valence-corrected chi connectivity index (χ1v) is 7.81. The quantitative estimate of drug-likeness (QED) is 0.442. The summed E-state index contributed by atoms with van der Waals surface area (Å²) in [6, 6.07) is 9.78. The Morgan fingerprint density at radius 3 is 2.78 bits per heavy atom. The average Bonchev–Trinajstić information content (AvgIpc) is 2.55. The number of carbonyl (C=O) groups is 2. The summed E-state index contributed by atoms with van der Waals surface area (Å²) in [5.41, 5.74) is 1.04. The first-order chi connectivity index (χ1) is 11.1. The van der Waals surface area contributed by atoms with Crippen LogP contribution in [0.15, 0.2) is 30.3 Å². The van der Waals surface area contributed by atoms with Gasteiger partial charge in [-0.1, -0.05) is 30.3 Å². The molecule has 5 atom stereocenters. The van der Waals surface area contributed by atoms with E-state index in [1.54, 1.807) is 6.92 Å². The second-order valence-corrected chi connectivity index (χ2v) is 5.79. The average molecular weight is 319 g/mol. The summed E-state index contributed by atoms with van der Waals surface area (Å²) in [5, 5.41) is 19.8. The van der Waals surface area contributed by atoms with Crippen LogP contribution < -0.4 is 16.0 Å². The molecule has 1 aromatic rings. The Labute approximate surface area is 134 Å². The zero-order valence-electron chi connectivity index (χ0n) is 12.9. The lowest BCUT2D eigenvalue weighted by Crippen LogP contribution is -2.70. The fourth-order valence-corrected chi connectivity index (χ4v) is 3.18. The Morgan fingerprint density at radius 2 is 2.09 bits per heavy atom. The van der Waals surface area contributed by atoms with Crippen LogP contribution in [0.4, 0.5) is 0 Å². The fraction of sp³-hybridized carbons (Fsp3) is 0.500. The van der Waals surface area contributed by atoms with Crippen LogP contribution in [-0.4, -0.2) is 42.4 Å².